The number of hydrogen-bond donors (Lipinski definition) is 1. The molecule has 20 heavy (non-hydrogen) atoms. The number of ketones is 1. The SMILES string of the molecule is CC(=O)C(NC(=O)CN(C)c1ccccc1C)C(C)C. The average Bonchev–Trinajstić information content (AvgIpc) is 2.35. The zero-order valence-electron chi connectivity index (χ0n) is 12.9. The van der Waals surface area contributed by atoms with Gasteiger partial charge < -0.3 is 10.2 Å². The number of carbonyl (C=O) groups excluding carboxylic acids is 2. The summed E-state index contributed by atoms with van der Waals surface area (Å²) in [4.78, 5) is 25.4. The Morgan fingerprint density at radius 1 is 1.25 bits per heavy atom. The normalized spacial score (nSPS) is 12.1. The minimum atomic E-state index is -0.409. The number of benzene rings is 1. The second kappa shape index (κ2) is 7.08. The lowest BCUT2D eigenvalue weighted by atomic mass is 10.0. The topological polar surface area (TPSA) is 49.4 Å². The number of hydrogen-bond acceptors (Lipinski definition) is 3. The standard InChI is InChI=1S/C16H24N2O2/c1-11(2)16(13(4)19)17-15(20)10-18(5)14-9-7-6-8-12(14)3/h6-9,11,16H,10H2,1-5H3,(H,17,20). The van der Waals surface area contributed by atoms with Crippen LogP contribution < -0.4 is 10.2 Å². The Morgan fingerprint density at radius 2 is 1.85 bits per heavy atom. The summed E-state index contributed by atoms with van der Waals surface area (Å²) >= 11 is 0. The molecule has 1 unspecified atom stereocenters. The molecule has 0 aliphatic heterocycles. The predicted molar refractivity (Wildman–Crippen MR) is 81.9 cm³/mol. The summed E-state index contributed by atoms with van der Waals surface area (Å²) in [5.41, 5.74) is 2.14. The maximum atomic E-state index is 12.1. The van der Waals surface area contributed by atoms with Crippen LogP contribution in [0.25, 0.3) is 0 Å². The highest BCUT2D eigenvalue weighted by Crippen LogP contribution is 2.17. The van der Waals surface area contributed by atoms with Crippen molar-refractivity contribution in [2.24, 2.45) is 5.92 Å². The summed E-state index contributed by atoms with van der Waals surface area (Å²) in [5, 5.41) is 2.81. The van der Waals surface area contributed by atoms with E-state index in [9.17, 15) is 9.59 Å². The monoisotopic (exact) mass is 276 g/mol. The van der Waals surface area contributed by atoms with E-state index in [4.69, 9.17) is 0 Å². The Balaban J connectivity index is 2.67. The number of nitrogens with zero attached hydrogens (tertiary/aromatic N) is 1. The first kappa shape index (κ1) is 16.2. The van der Waals surface area contributed by atoms with E-state index in [1.54, 1.807) is 0 Å². The molecule has 110 valence electrons. The van der Waals surface area contributed by atoms with Gasteiger partial charge in [-0.15, -0.1) is 0 Å². The Morgan fingerprint density at radius 3 is 2.35 bits per heavy atom. The second-order valence-corrected chi connectivity index (χ2v) is 5.54. The highest BCUT2D eigenvalue weighted by Gasteiger charge is 2.21. The number of rotatable bonds is 6. The lowest BCUT2D eigenvalue weighted by Crippen LogP contribution is -2.47. The third kappa shape index (κ3) is 4.37. The van der Waals surface area contributed by atoms with Gasteiger partial charge in [0, 0.05) is 12.7 Å². The molecule has 0 aliphatic rings. The minimum Gasteiger partial charge on any atom is -0.365 e. The van der Waals surface area contributed by atoms with Crippen LogP contribution in [0.4, 0.5) is 5.69 Å². The number of amides is 1. The fraction of sp³-hybridized carbons (Fsp3) is 0.500. The second-order valence-electron chi connectivity index (χ2n) is 5.54. The number of nitrogens with one attached hydrogen (secondary N) is 1. The number of carbonyl (C=O) groups is 2. The molecule has 4 nitrogen and oxygen atoms in total. The molecule has 1 aromatic rings. The highest BCUT2D eigenvalue weighted by atomic mass is 16.2. The zero-order valence-corrected chi connectivity index (χ0v) is 12.9. The predicted octanol–water partition coefficient (Wildman–Crippen LogP) is 2.16. The van der Waals surface area contributed by atoms with E-state index in [-0.39, 0.29) is 24.2 Å². The molecule has 0 bridgehead atoms. The molecule has 0 saturated carbocycles. The smallest absolute Gasteiger partial charge is 0.240 e. The first-order valence-electron chi connectivity index (χ1n) is 6.89. The van der Waals surface area contributed by atoms with Gasteiger partial charge in [-0.3, -0.25) is 9.59 Å². The van der Waals surface area contributed by atoms with Crippen molar-refractivity contribution >= 4 is 17.4 Å². The molecule has 1 aromatic carbocycles. The fourth-order valence-electron chi connectivity index (χ4n) is 2.25. The molecule has 1 amide bonds. The average molecular weight is 276 g/mol. The van der Waals surface area contributed by atoms with E-state index in [1.165, 1.54) is 6.92 Å². The van der Waals surface area contributed by atoms with Gasteiger partial charge in [0.15, 0.2) is 5.78 Å². The van der Waals surface area contributed by atoms with E-state index < -0.39 is 6.04 Å². The van der Waals surface area contributed by atoms with Gasteiger partial charge in [0.25, 0.3) is 0 Å². The Labute approximate surface area is 121 Å². The number of para-hydroxylation sites is 1. The van der Waals surface area contributed by atoms with Gasteiger partial charge in [0.1, 0.15) is 0 Å². The zero-order chi connectivity index (χ0) is 15.3. The molecule has 0 fully saturated rings. The van der Waals surface area contributed by atoms with Gasteiger partial charge in [-0.1, -0.05) is 32.0 Å². The molecular formula is C16H24N2O2. The molecule has 1 atom stereocenters. The van der Waals surface area contributed by atoms with E-state index in [1.807, 2.05) is 57.0 Å². The van der Waals surface area contributed by atoms with Crippen molar-refractivity contribution < 1.29 is 9.59 Å². The third-order valence-electron chi connectivity index (χ3n) is 3.33. The highest BCUT2D eigenvalue weighted by molar-refractivity contribution is 5.89. The summed E-state index contributed by atoms with van der Waals surface area (Å²) in [7, 11) is 1.88. The van der Waals surface area contributed by atoms with Gasteiger partial charge in [0.2, 0.25) is 5.91 Å². The largest absolute Gasteiger partial charge is 0.365 e. The lowest BCUT2D eigenvalue weighted by molar-refractivity contribution is -0.127. The third-order valence-corrected chi connectivity index (χ3v) is 3.33. The van der Waals surface area contributed by atoms with Crippen LogP contribution in [0.5, 0.6) is 0 Å². The van der Waals surface area contributed by atoms with Gasteiger partial charge >= 0.3 is 0 Å². The van der Waals surface area contributed by atoms with Crippen molar-refractivity contribution in [3.05, 3.63) is 29.8 Å². The quantitative estimate of drug-likeness (QED) is 0.866. The molecular weight excluding hydrogens is 252 g/mol. The van der Waals surface area contributed by atoms with Crippen LogP contribution in [0.1, 0.15) is 26.3 Å². The summed E-state index contributed by atoms with van der Waals surface area (Å²) in [5.74, 6) is -0.0447. The van der Waals surface area contributed by atoms with Crippen LogP contribution in [-0.2, 0) is 9.59 Å². The summed E-state index contributed by atoms with van der Waals surface area (Å²) in [6.45, 7) is 7.61. The lowest BCUT2D eigenvalue weighted by Gasteiger charge is -2.24. The van der Waals surface area contributed by atoms with E-state index in [2.05, 4.69) is 5.32 Å². The van der Waals surface area contributed by atoms with Crippen LogP contribution in [0, 0.1) is 12.8 Å². The first-order valence-corrected chi connectivity index (χ1v) is 6.89. The number of aryl methyl sites for hydroxylation is 1. The van der Waals surface area contributed by atoms with Crippen LogP contribution in [-0.4, -0.2) is 31.3 Å². The molecule has 0 heterocycles. The maximum Gasteiger partial charge on any atom is 0.240 e. The van der Waals surface area contributed by atoms with Crippen molar-refractivity contribution in [3.8, 4) is 0 Å². The molecule has 1 rings (SSSR count). The summed E-state index contributed by atoms with van der Waals surface area (Å²) in [6, 6.07) is 7.50. The fourth-order valence-corrected chi connectivity index (χ4v) is 2.25. The van der Waals surface area contributed by atoms with E-state index in [0.29, 0.717) is 0 Å². The van der Waals surface area contributed by atoms with Crippen LogP contribution in [0.3, 0.4) is 0 Å². The Kier molecular flexibility index (Phi) is 5.74. The number of anilines is 1. The van der Waals surface area contributed by atoms with Crippen LogP contribution in [0.15, 0.2) is 24.3 Å². The summed E-state index contributed by atoms with van der Waals surface area (Å²) < 4.78 is 0. The molecule has 0 aliphatic carbocycles. The van der Waals surface area contributed by atoms with E-state index in [0.717, 1.165) is 11.3 Å². The van der Waals surface area contributed by atoms with Gasteiger partial charge in [-0.25, -0.2) is 0 Å². The molecule has 0 aromatic heterocycles. The van der Waals surface area contributed by atoms with Crippen molar-refractivity contribution in [2.45, 2.75) is 33.7 Å². The first-order chi connectivity index (χ1) is 9.32. The molecule has 0 spiro atoms. The number of likely N-dealkylation sites (N-methyl/N-ethyl adjacent to an activating group) is 1. The van der Waals surface area contributed by atoms with Crippen LogP contribution >= 0.6 is 0 Å². The van der Waals surface area contributed by atoms with E-state index >= 15 is 0 Å². The Hall–Kier alpha value is -1.84. The molecule has 4 heteroatoms. The van der Waals surface area contributed by atoms with Crippen molar-refractivity contribution in [3.63, 3.8) is 0 Å². The van der Waals surface area contributed by atoms with Gasteiger partial charge in [0.05, 0.1) is 12.6 Å². The minimum absolute atomic E-state index is 0.00750. The molecule has 0 saturated heterocycles. The number of Topliss-reactive ketones (excluding diaryl/α,β-unsaturated/α-hetero) is 1. The maximum absolute atomic E-state index is 12.1. The van der Waals surface area contributed by atoms with Crippen molar-refractivity contribution in [1.29, 1.82) is 0 Å². The van der Waals surface area contributed by atoms with Gasteiger partial charge in [-0.05, 0) is 31.4 Å². The molecule has 1 N–H and O–H groups in total. The Bertz CT molecular complexity index is 483. The van der Waals surface area contributed by atoms with Crippen LogP contribution in [0.2, 0.25) is 0 Å². The molecule has 0 radical (unpaired) electrons. The van der Waals surface area contributed by atoms with Crippen molar-refractivity contribution in [1.82, 2.24) is 5.32 Å². The summed E-state index contributed by atoms with van der Waals surface area (Å²) in [6.07, 6.45) is 0. The van der Waals surface area contributed by atoms with Crippen molar-refractivity contribution in [2.75, 3.05) is 18.5 Å². The van der Waals surface area contributed by atoms with Gasteiger partial charge in [-0.2, -0.15) is 0 Å².